The topological polar surface area (TPSA) is 55.9 Å². The molecular weight excluding hydrogens is 292 g/mol. The van der Waals surface area contributed by atoms with E-state index in [4.69, 9.17) is 5.84 Å². The number of hydrogen-bond acceptors (Lipinski definition) is 3. The molecule has 0 fully saturated rings. The van der Waals surface area contributed by atoms with Gasteiger partial charge in [0.25, 0.3) is 0 Å². The Hall–Kier alpha value is -1.17. The van der Waals surface area contributed by atoms with Crippen molar-refractivity contribution in [1.29, 1.82) is 0 Å². The van der Waals surface area contributed by atoms with E-state index < -0.39 is 0 Å². The minimum Gasteiger partial charge on any atom is -0.276 e. The summed E-state index contributed by atoms with van der Waals surface area (Å²) in [5, 5.41) is 4.38. The molecule has 0 aliphatic rings. The molecule has 0 aliphatic heterocycles. The fourth-order valence-corrected chi connectivity index (χ4v) is 2.49. The molecule has 0 bridgehead atoms. The third-order valence-corrected chi connectivity index (χ3v) is 3.63. The van der Waals surface area contributed by atoms with E-state index in [1.165, 1.54) is 5.56 Å². The number of aromatic nitrogens is 2. The SMILES string of the molecule is Cc1ccc(Br)c(C(Cc2ccn(C)n2)NN)c1. The van der Waals surface area contributed by atoms with Crippen molar-refractivity contribution in [2.24, 2.45) is 12.9 Å². The standard InChI is InChI=1S/C13H17BrN4/c1-9-3-4-12(14)11(7-9)13(16-15)8-10-5-6-18(2)17-10/h3-7,13,16H,8,15H2,1-2H3. The fourth-order valence-electron chi connectivity index (χ4n) is 1.97. The Bertz CT molecular complexity index is 536. The van der Waals surface area contributed by atoms with Gasteiger partial charge in [0.2, 0.25) is 0 Å². The van der Waals surface area contributed by atoms with Crippen LogP contribution in [0.4, 0.5) is 0 Å². The second kappa shape index (κ2) is 5.65. The van der Waals surface area contributed by atoms with Crippen LogP contribution < -0.4 is 11.3 Å². The smallest absolute Gasteiger partial charge is 0.0643 e. The van der Waals surface area contributed by atoms with Crippen LogP contribution in [0.5, 0.6) is 0 Å². The number of nitrogens with two attached hydrogens (primary N) is 1. The summed E-state index contributed by atoms with van der Waals surface area (Å²) in [6.07, 6.45) is 2.70. The summed E-state index contributed by atoms with van der Waals surface area (Å²) in [7, 11) is 1.91. The van der Waals surface area contributed by atoms with Gasteiger partial charge in [-0.2, -0.15) is 5.10 Å². The van der Waals surface area contributed by atoms with Gasteiger partial charge in [-0.3, -0.25) is 16.0 Å². The number of hydrogen-bond donors (Lipinski definition) is 2. The monoisotopic (exact) mass is 308 g/mol. The second-order valence-electron chi connectivity index (χ2n) is 4.43. The van der Waals surface area contributed by atoms with E-state index in [9.17, 15) is 0 Å². The molecule has 1 atom stereocenters. The minimum atomic E-state index is 0.0502. The van der Waals surface area contributed by atoms with Crippen LogP contribution >= 0.6 is 15.9 Å². The van der Waals surface area contributed by atoms with Crippen LogP contribution in [0.15, 0.2) is 34.9 Å². The first-order valence-corrected chi connectivity index (χ1v) is 6.60. The van der Waals surface area contributed by atoms with Gasteiger partial charge in [0.1, 0.15) is 0 Å². The van der Waals surface area contributed by atoms with Crippen molar-refractivity contribution in [3.05, 3.63) is 51.8 Å². The largest absolute Gasteiger partial charge is 0.276 e. The summed E-state index contributed by atoms with van der Waals surface area (Å²) in [6.45, 7) is 2.07. The molecule has 0 aliphatic carbocycles. The van der Waals surface area contributed by atoms with Crippen LogP contribution in [0.3, 0.4) is 0 Å². The molecule has 2 rings (SSSR count). The van der Waals surface area contributed by atoms with Gasteiger partial charge in [-0.25, -0.2) is 0 Å². The zero-order chi connectivity index (χ0) is 13.1. The molecule has 0 spiro atoms. The maximum Gasteiger partial charge on any atom is 0.0643 e. The molecule has 4 nitrogen and oxygen atoms in total. The normalized spacial score (nSPS) is 12.7. The Labute approximate surface area is 115 Å². The summed E-state index contributed by atoms with van der Waals surface area (Å²) >= 11 is 3.57. The predicted octanol–water partition coefficient (Wildman–Crippen LogP) is 2.24. The van der Waals surface area contributed by atoms with Gasteiger partial charge < -0.3 is 0 Å². The summed E-state index contributed by atoms with van der Waals surface area (Å²) in [5.41, 5.74) is 6.26. The fraction of sp³-hybridized carbons (Fsp3) is 0.308. The number of halogens is 1. The van der Waals surface area contributed by atoms with Crippen molar-refractivity contribution >= 4 is 15.9 Å². The first-order valence-electron chi connectivity index (χ1n) is 5.81. The van der Waals surface area contributed by atoms with Crippen LogP contribution in [-0.2, 0) is 13.5 Å². The second-order valence-corrected chi connectivity index (χ2v) is 5.28. The summed E-state index contributed by atoms with van der Waals surface area (Å²) in [6, 6.07) is 8.31. The van der Waals surface area contributed by atoms with Crippen molar-refractivity contribution in [3.63, 3.8) is 0 Å². The lowest BCUT2D eigenvalue weighted by atomic mass is 10.0. The highest BCUT2D eigenvalue weighted by Crippen LogP contribution is 2.26. The molecule has 0 saturated heterocycles. The van der Waals surface area contributed by atoms with Crippen LogP contribution in [0.2, 0.25) is 0 Å². The van der Waals surface area contributed by atoms with E-state index in [0.717, 1.165) is 22.2 Å². The Kier molecular flexibility index (Phi) is 4.16. The average Bonchev–Trinajstić information content (AvgIpc) is 2.75. The molecule has 1 heterocycles. The van der Waals surface area contributed by atoms with Crippen LogP contribution in [0.1, 0.15) is 22.9 Å². The quantitative estimate of drug-likeness (QED) is 0.673. The molecule has 5 heteroatoms. The third-order valence-electron chi connectivity index (χ3n) is 2.91. The first kappa shape index (κ1) is 13.3. The van der Waals surface area contributed by atoms with E-state index in [0.29, 0.717) is 0 Å². The Morgan fingerprint density at radius 2 is 2.22 bits per heavy atom. The predicted molar refractivity (Wildman–Crippen MR) is 75.9 cm³/mol. The van der Waals surface area contributed by atoms with Crippen LogP contribution in [-0.4, -0.2) is 9.78 Å². The number of aryl methyl sites for hydroxylation is 2. The lowest BCUT2D eigenvalue weighted by Gasteiger charge is -2.17. The minimum absolute atomic E-state index is 0.0502. The summed E-state index contributed by atoms with van der Waals surface area (Å²) in [4.78, 5) is 0. The van der Waals surface area contributed by atoms with Gasteiger partial charge >= 0.3 is 0 Å². The first-order chi connectivity index (χ1) is 8.60. The van der Waals surface area contributed by atoms with Crippen molar-refractivity contribution in [2.45, 2.75) is 19.4 Å². The molecule has 3 N–H and O–H groups in total. The van der Waals surface area contributed by atoms with Gasteiger partial charge in [0.05, 0.1) is 11.7 Å². The Morgan fingerprint density at radius 3 is 2.83 bits per heavy atom. The molecule has 1 unspecified atom stereocenters. The zero-order valence-electron chi connectivity index (χ0n) is 10.5. The lowest BCUT2D eigenvalue weighted by molar-refractivity contribution is 0.539. The van der Waals surface area contributed by atoms with Gasteiger partial charge in [-0.1, -0.05) is 33.6 Å². The number of nitrogens with zero attached hydrogens (tertiary/aromatic N) is 2. The number of benzene rings is 1. The third kappa shape index (κ3) is 2.98. The Balaban J connectivity index is 2.25. The molecule has 18 heavy (non-hydrogen) atoms. The summed E-state index contributed by atoms with van der Waals surface area (Å²) < 4.78 is 2.86. The van der Waals surface area contributed by atoms with Gasteiger partial charge in [-0.05, 0) is 24.6 Å². The highest BCUT2D eigenvalue weighted by Gasteiger charge is 2.15. The zero-order valence-corrected chi connectivity index (χ0v) is 12.1. The van der Waals surface area contributed by atoms with Gasteiger partial charge in [0.15, 0.2) is 0 Å². The molecule has 0 amide bonds. The maximum atomic E-state index is 5.67. The maximum absolute atomic E-state index is 5.67. The van der Waals surface area contributed by atoms with Crippen molar-refractivity contribution in [3.8, 4) is 0 Å². The molecule has 0 saturated carbocycles. The van der Waals surface area contributed by atoms with E-state index in [-0.39, 0.29) is 6.04 Å². The number of hydrazine groups is 1. The van der Waals surface area contributed by atoms with E-state index >= 15 is 0 Å². The number of rotatable bonds is 4. The van der Waals surface area contributed by atoms with Gasteiger partial charge in [0, 0.05) is 24.1 Å². The molecule has 96 valence electrons. The van der Waals surface area contributed by atoms with Crippen LogP contribution in [0.25, 0.3) is 0 Å². The van der Waals surface area contributed by atoms with Crippen molar-refractivity contribution in [1.82, 2.24) is 15.2 Å². The van der Waals surface area contributed by atoms with Crippen LogP contribution in [0, 0.1) is 6.92 Å². The lowest BCUT2D eigenvalue weighted by Crippen LogP contribution is -2.30. The van der Waals surface area contributed by atoms with Crippen molar-refractivity contribution in [2.75, 3.05) is 0 Å². The van der Waals surface area contributed by atoms with E-state index in [1.54, 1.807) is 4.68 Å². The Morgan fingerprint density at radius 1 is 1.44 bits per heavy atom. The van der Waals surface area contributed by atoms with E-state index in [2.05, 4.69) is 45.5 Å². The summed E-state index contributed by atoms with van der Waals surface area (Å²) in [5.74, 6) is 5.67. The molecule has 0 radical (unpaired) electrons. The highest BCUT2D eigenvalue weighted by atomic mass is 79.9. The van der Waals surface area contributed by atoms with Gasteiger partial charge in [-0.15, -0.1) is 0 Å². The van der Waals surface area contributed by atoms with Crippen molar-refractivity contribution < 1.29 is 0 Å². The number of nitrogens with one attached hydrogen (secondary N) is 1. The molecule has 1 aromatic heterocycles. The average molecular weight is 309 g/mol. The van der Waals surface area contributed by atoms with E-state index in [1.807, 2.05) is 25.4 Å². The highest BCUT2D eigenvalue weighted by molar-refractivity contribution is 9.10. The molecular formula is C13H17BrN4. The molecule has 2 aromatic rings. The molecule has 1 aromatic carbocycles.